The molecule has 0 spiro atoms. The minimum absolute atomic E-state index is 0.465. The predicted octanol–water partition coefficient (Wildman–Crippen LogP) is 3.05. The Morgan fingerprint density at radius 1 is 0.812 bits per heavy atom. The van der Waals surface area contributed by atoms with Gasteiger partial charge in [-0.1, -0.05) is 24.3 Å². The molecule has 2 rings (SSSR count). The van der Waals surface area contributed by atoms with Gasteiger partial charge in [-0.25, -0.2) is 15.6 Å². The van der Waals surface area contributed by atoms with Gasteiger partial charge in [-0.15, -0.1) is 0 Å². The number of anilines is 2. The van der Waals surface area contributed by atoms with Gasteiger partial charge in [0.05, 0.1) is 37.4 Å². The SMILES string of the molecule is CN(CCC#N)c1ccc(/C=N/NC(=O)N/N=C/c2ccc(N(C)CCC#N)cc2)cc1. The Hall–Kier alpha value is -4.37. The number of hydrogen-bond acceptors (Lipinski definition) is 7. The Labute approximate surface area is 188 Å². The lowest BCUT2D eigenvalue weighted by Crippen LogP contribution is -2.28. The van der Waals surface area contributed by atoms with E-state index in [1.807, 2.05) is 72.4 Å². The summed E-state index contributed by atoms with van der Waals surface area (Å²) < 4.78 is 0. The van der Waals surface area contributed by atoms with Gasteiger partial charge >= 0.3 is 6.03 Å². The maximum atomic E-state index is 11.8. The maximum Gasteiger partial charge on any atom is 0.355 e. The maximum absolute atomic E-state index is 11.8. The monoisotopic (exact) mass is 430 g/mol. The molecule has 0 bridgehead atoms. The summed E-state index contributed by atoms with van der Waals surface area (Å²) in [6.45, 7) is 1.32. The first-order valence-corrected chi connectivity index (χ1v) is 10.0. The molecular weight excluding hydrogens is 404 g/mol. The van der Waals surface area contributed by atoms with E-state index in [9.17, 15) is 4.79 Å². The van der Waals surface area contributed by atoms with E-state index in [4.69, 9.17) is 10.5 Å². The van der Waals surface area contributed by atoms with Crippen LogP contribution in [0.25, 0.3) is 0 Å². The van der Waals surface area contributed by atoms with Crippen LogP contribution in [0.5, 0.6) is 0 Å². The Kier molecular flexibility index (Phi) is 9.74. The summed E-state index contributed by atoms with van der Waals surface area (Å²) in [4.78, 5) is 15.8. The summed E-state index contributed by atoms with van der Waals surface area (Å²) >= 11 is 0. The average molecular weight is 431 g/mol. The van der Waals surface area contributed by atoms with E-state index in [-0.39, 0.29) is 0 Å². The molecule has 0 saturated heterocycles. The molecule has 0 aliphatic rings. The number of carbonyl (C=O) groups is 1. The molecule has 0 radical (unpaired) electrons. The summed E-state index contributed by atoms with van der Waals surface area (Å²) in [5.74, 6) is 0. The minimum Gasteiger partial charge on any atom is -0.374 e. The quantitative estimate of drug-likeness (QED) is 0.443. The second kappa shape index (κ2) is 13.0. The summed E-state index contributed by atoms with van der Waals surface area (Å²) in [5, 5.41) is 25.1. The molecule has 0 saturated carbocycles. The number of hydrazone groups is 2. The van der Waals surface area contributed by atoms with Crippen molar-refractivity contribution in [3.63, 3.8) is 0 Å². The average Bonchev–Trinajstić information content (AvgIpc) is 2.82. The van der Waals surface area contributed by atoms with E-state index in [0.29, 0.717) is 25.9 Å². The fraction of sp³-hybridized carbons (Fsp3) is 0.261. The molecule has 2 N–H and O–H groups in total. The number of rotatable bonds is 10. The third kappa shape index (κ3) is 8.17. The molecule has 2 aromatic rings. The second-order valence-electron chi connectivity index (χ2n) is 6.91. The van der Waals surface area contributed by atoms with E-state index in [2.05, 4.69) is 33.2 Å². The number of nitrogens with one attached hydrogen (secondary N) is 2. The lowest BCUT2D eigenvalue weighted by atomic mass is 10.2. The largest absolute Gasteiger partial charge is 0.374 e. The van der Waals surface area contributed by atoms with Crippen LogP contribution < -0.4 is 20.7 Å². The molecule has 0 heterocycles. The van der Waals surface area contributed by atoms with Crippen molar-refractivity contribution in [2.24, 2.45) is 10.2 Å². The van der Waals surface area contributed by atoms with Crippen molar-refractivity contribution in [2.75, 3.05) is 37.0 Å². The molecule has 32 heavy (non-hydrogen) atoms. The van der Waals surface area contributed by atoms with E-state index >= 15 is 0 Å². The van der Waals surface area contributed by atoms with Crippen molar-refractivity contribution in [1.29, 1.82) is 10.5 Å². The molecule has 2 amide bonds. The molecule has 0 fully saturated rings. The fourth-order valence-corrected chi connectivity index (χ4v) is 2.68. The number of benzene rings is 2. The Morgan fingerprint density at radius 2 is 1.19 bits per heavy atom. The van der Waals surface area contributed by atoms with Crippen molar-refractivity contribution in [3.05, 3.63) is 59.7 Å². The molecule has 0 aromatic heterocycles. The van der Waals surface area contributed by atoms with Crippen LogP contribution in [0.1, 0.15) is 24.0 Å². The van der Waals surface area contributed by atoms with Gasteiger partial charge in [0, 0.05) is 38.6 Å². The van der Waals surface area contributed by atoms with Gasteiger partial charge in [0.15, 0.2) is 0 Å². The van der Waals surface area contributed by atoms with Crippen LogP contribution in [-0.4, -0.2) is 45.6 Å². The molecule has 9 nitrogen and oxygen atoms in total. The molecule has 9 heteroatoms. The van der Waals surface area contributed by atoms with Gasteiger partial charge in [-0.3, -0.25) is 0 Å². The molecule has 0 atom stereocenters. The number of hydrogen-bond donors (Lipinski definition) is 2. The van der Waals surface area contributed by atoms with Gasteiger partial charge < -0.3 is 9.80 Å². The highest BCUT2D eigenvalue weighted by molar-refractivity contribution is 5.84. The standard InChI is InChI=1S/C23H26N8O/c1-30(15-3-13-24)21-9-5-19(6-10-21)17-26-28-23(32)29-27-18-20-7-11-22(12-8-20)31(2)16-4-14-25/h5-12,17-18H,3-4,15-16H2,1-2H3,(H2,28,29,32)/b26-17+,27-18+. The van der Waals surface area contributed by atoms with E-state index in [1.165, 1.54) is 12.4 Å². The van der Waals surface area contributed by atoms with Gasteiger partial charge in [0.2, 0.25) is 0 Å². The summed E-state index contributed by atoms with van der Waals surface area (Å²) in [5.41, 5.74) is 8.35. The number of amides is 2. The Morgan fingerprint density at radius 3 is 1.53 bits per heavy atom. The Balaban J connectivity index is 1.77. The number of carbonyl (C=O) groups excluding carboxylic acids is 1. The highest BCUT2D eigenvalue weighted by Gasteiger charge is 2.01. The first-order chi connectivity index (χ1) is 15.5. The zero-order chi connectivity index (χ0) is 23.2. The smallest absolute Gasteiger partial charge is 0.355 e. The van der Waals surface area contributed by atoms with Crippen LogP contribution in [0.4, 0.5) is 16.2 Å². The van der Waals surface area contributed by atoms with E-state index < -0.39 is 6.03 Å². The van der Waals surface area contributed by atoms with Gasteiger partial charge in [0.1, 0.15) is 0 Å². The van der Waals surface area contributed by atoms with Crippen LogP contribution in [0.2, 0.25) is 0 Å². The third-order valence-electron chi connectivity index (χ3n) is 4.55. The highest BCUT2D eigenvalue weighted by Crippen LogP contribution is 2.14. The van der Waals surface area contributed by atoms with Crippen molar-refractivity contribution in [1.82, 2.24) is 10.9 Å². The van der Waals surface area contributed by atoms with Crippen molar-refractivity contribution >= 4 is 29.8 Å². The van der Waals surface area contributed by atoms with Crippen LogP contribution >= 0.6 is 0 Å². The Bertz CT molecular complexity index is 919. The highest BCUT2D eigenvalue weighted by atomic mass is 16.2. The second-order valence-corrected chi connectivity index (χ2v) is 6.91. The molecule has 164 valence electrons. The van der Waals surface area contributed by atoms with Crippen LogP contribution in [-0.2, 0) is 0 Å². The summed E-state index contributed by atoms with van der Waals surface area (Å²) in [7, 11) is 3.85. The molecule has 0 aliphatic heterocycles. The van der Waals surface area contributed by atoms with Crippen molar-refractivity contribution in [2.45, 2.75) is 12.8 Å². The summed E-state index contributed by atoms with van der Waals surface area (Å²) in [6.07, 6.45) is 3.99. The van der Waals surface area contributed by atoms with Crippen LogP contribution in [0, 0.1) is 22.7 Å². The van der Waals surface area contributed by atoms with Crippen LogP contribution in [0.3, 0.4) is 0 Å². The van der Waals surface area contributed by atoms with E-state index in [1.54, 1.807) is 0 Å². The zero-order valence-electron chi connectivity index (χ0n) is 18.2. The molecule has 2 aromatic carbocycles. The minimum atomic E-state index is -0.557. The van der Waals surface area contributed by atoms with Gasteiger partial charge in [-0.05, 0) is 35.4 Å². The predicted molar refractivity (Wildman–Crippen MR) is 127 cm³/mol. The number of nitrogens with zero attached hydrogens (tertiary/aromatic N) is 6. The lowest BCUT2D eigenvalue weighted by molar-refractivity contribution is 0.242. The van der Waals surface area contributed by atoms with Crippen molar-refractivity contribution in [3.8, 4) is 12.1 Å². The number of nitriles is 2. The van der Waals surface area contributed by atoms with E-state index in [0.717, 1.165) is 22.5 Å². The summed E-state index contributed by atoms with van der Waals surface area (Å²) in [6, 6.07) is 18.9. The van der Waals surface area contributed by atoms with Gasteiger partial charge in [-0.2, -0.15) is 20.7 Å². The molecule has 0 aliphatic carbocycles. The zero-order valence-corrected chi connectivity index (χ0v) is 18.2. The first kappa shape index (κ1) is 23.9. The van der Waals surface area contributed by atoms with Crippen molar-refractivity contribution < 1.29 is 4.79 Å². The molecular formula is C23H26N8O. The lowest BCUT2D eigenvalue weighted by Gasteiger charge is -2.17. The third-order valence-corrected chi connectivity index (χ3v) is 4.55. The fourth-order valence-electron chi connectivity index (χ4n) is 2.68. The first-order valence-electron chi connectivity index (χ1n) is 10.0. The number of urea groups is 1. The topological polar surface area (TPSA) is 120 Å². The van der Waals surface area contributed by atoms with Gasteiger partial charge in [0.25, 0.3) is 0 Å². The normalized spacial score (nSPS) is 10.5. The van der Waals surface area contributed by atoms with Crippen LogP contribution in [0.15, 0.2) is 58.7 Å². The molecule has 0 unspecified atom stereocenters.